The Kier molecular flexibility index (Phi) is 11.4. The minimum Gasteiger partial charge on any atom is -0.453 e. The van der Waals surface area contributed by atoms with Crippen LogP contribution in [0.2, 0.25) is 0 Å². The van der Waals surface area contributed by atoms with E-state index in [2.05, 4.69) is 32.7 Å². The Balaban J connectivity index is 0.881. The van der Waals surface area contributed by atoms with Crippen molar-refractivity contribution in [3.63, 3.8) is 0 Å². The van der Waals surface area contributed by atoms with Gasteiger partial charge < -0.3 is 39.9 Å². The van der Waals surface area contributed by atoms with Crippen LogP contribution < -0.4 is 10.6 Å². The van der Waals surface area contributed by atoms with Crippen LogP contribution in [0.1, 0.15) is 72.6 Å². The lowest BCUT2D eigenvalue weighted by Crippen LogP contribution is -2.42. The van der Waals surface area contributed by atoms with Gasteiger partial charge in [0.2, 0.25) is 0 Å². The van der Waals surface area contributed by atoms with Crippen LogP contribution in [0, 0.1) is 0 Å². The van der Waals surface area contributed by atoms with E-state index in [-0.39, 0.29) is 23.9 Å². The van der Waals surface area contributed by atoms with Crippen LogP contribution in [-0.4, -0.2) is 86.0 Å². The van der Waals surface area contributed by atoms with E-state index in [1.165, 1.54) is 14.2 Å². The van der Waals surface area contributed by atoms with E-state index in [0.717, 1.165) is 66.1 Å². The summed E-state index contributed by atoms with van der Waals surface area (Å²) in [6.07, 6.45) is 7.23. The number of ether oxygens (including phenoxy) is 2. The number of benzene rings is 2. The maximum absolute atomic E-state index is 13.9. The van der Waals surface area contributed by atoms with Crippen molar-refractivity contribution in [3.8, 4) is 31.0 Å². The third-order valence-corrected chi connectivity index (χ3v) is 14.6. The average Bonchev–Trinajstić information content (AvgIpc) is 4.13. The van der Waals surface area contributed by atoms with Gasteiger partial charge in [-0.2, -0.15) is 0 Å². The van der Waals surface area contributed by atoms with Crippen LogP contribution in [-0.2, 0) is 19.1 Å². The average molecular weight is 876 g/mol. The predicted octanol–water partition coefficient (Wildman–Crippen LogP) is 8.39. The summed E-state index contributed by atoms with van der Waals surface area (Å²) in [6, 6.07) is 20.4. The number of alkyl carbamates (subject to hydrolysis) is 2. The minimum atomic E-state index is -0.892. The first-order valence-electron chi connectivity index (χ1n) is 19.8. The molecule has 7 aromatic rings. The molecule has 0 spiro atoms. The quantitative estimate of drug-likeness (QED) is 0.0990. The molecule has 2 aliphatic rings. The number of thiazole rings is 1. The monoisotopic (exact) mass is 875 g/mol. The van der Waals surface area contributed by atoms with Crippen LogP contribution in [0.3, 0.4) is 0 Å². The number of nitrogens with one attached hydrogen (secondary N) is 4. The second kappa shape index (κ2) is 17.3. The number of likely N-dealkylation sites (tertiary alicyclic amines) is 2. The SMILES string of the molecule is COC(=O)N[C@@H](C(=O)N1CCCC1c1ncc(-c2cc3sc(-c4cnc(-c5cnc([C@@H]6CCCN6C(=O)[C@H](NC(=O)OC)c6ccccc6)[nH]5)s4)cc3s2)[nH]1)c1ccccc1. The summed E-state index contributed by atoms with van der Waals surface area (Å²) in [7, 11) is 2.56. The summed E-state index contributed by atoms with van der Waals surface area (Å²) >= 11 is 4.94. The van der Waals surface area contributed by atoms with Crippen LogP contribution in [0.15, 0.2) is 91.4 Å². The molecule has 7 heterocycles. The third kappa shape index (κ3) is 8.13. The van der Waals surface area contributed by atoms with Gasteiger partial charge in [-0.1, -0.05) is 60.7 Å². The maximum Gasteiger partial charge on any atom is 0.407 e. The number of aromatic amines is 2. The topological polar surface area (TPSA) is 188 Å². The smallest absolute Gasteiger partial charge is 0.407 e. The van der Waals surface area contributed by atoms with Crippen LogP contribution >= 0.6 is 34.0 Å². The first kappa shape index (κ1) is 40.1. The maximum atomic E-state index is 13.9. The molecular formula is C43H41N9O6S3. The molecule has 2 aromatic carbocycles. The summed E-state index contributed by atoms with van der Waals surface area (Å²) in [5, 5.41) is 6.22. The van der Waals surface area contributed by atoms with E-state index in [1.807, 2.05) is 73.1 Å². The normalized spacial score (nSPS) is 17.3. The van der Waals surface area contributed by atoms with E-state index in [1.54, 1.807) is 50.0 Å². The predicted molar refractivity (Wildman–Crippen MR) is 233 cm³/mol. The van der Waals surface area contributed by atoms with Crippen molar-refractivity contribution in [2.75, 3.05) is 27.3 Å². The summed E-state index contributed by atoms with van der Waals surface area (Å²) in [5.74, 6) is 0.948. The minimum absolute atomic E-state index is 0.212. The van der Waals surface area contributed by atoms with E-state index < -0.39 is 24.3 Å². The molecule has 1 unspecified atom stereocenters. The van der Waals surface area contributed by atoms with Crippen LogP contribution in [0.4, 0.5) is 9.59 Å². The van der Waals surface area contributed by atoms with Gasteiger partial charge >= 0.3 is 12.2 Å². The largest absolute Gasteiger partial charge is 0.453 e. The molecule has 15 nitrogen and oxygen atoms in total. The zero-order valence-electron chi connectivity index (χ0n) is 33.1. The van der Waals surface area contributed by atoms with Crippen molar-refractivity contribution in [3.05, 3.63) is 114 Å². The van der Waals surface area contributed by atoms with Gasteiger partial charge in [-0.3, -0.25) is 9.59 Å². The molecule has 2 aliphatic heterocycles. The van der Waals surface area contributed by atoms with Gasteiger partial charge in [0.15, 0.2) is 0 Å². The van der Waals surface area contributed by atoms with E-state index in [9.17, 15) is 19.2 Å². The summed E-state index contributed by atoms with van der Waals surface area (Å²) in [6.45, 7) is 1.09. The fourth-order valence-electron chi connectivity index (χ4n) is 8.03. The summed E-state index contributed by atoms with van der Waals surface area (Å²) in [4.78, 5) is 80.2. The lowest BCUT2D eigenvalue weighted by atomic mass is 10.1. The molecule has 9 rings (SSSR count). The molecule has 4 amide bonds. The van der Waals surface area contributed by atoms with Crippen molar-refractivity contribution in [1.82, 2.24) is 45.4 Å². The number of methoxy groups -OCH3 is 2. The number of H-pyrrole nitrogens is 2. The Morgan fingerprint density at radius 2 is 1.13 bits per heavy atom. The van der Waals surface area contributed by atoms with E-state index in [4.69, 9.17) is 24.4 Å². The molecule has 0 bridgehead atoms. The lowest BCUT2D eigenvalue weighted by Gasteiger charge is -2.28. The van der Waals surface area contributed by atoms with Gasteiger partial charge in [0.05, 0.1) is 59.8 Å². The van der Waals surface area contributed by atoms with Gasteiger partial charge in [0.1, 0.15) is 28.7 Å². The van der Waals surface area contributed by atoms with E-state index >= 15 is 0 Å². The molecule has 312 valence electrons. The van der Waals surface area contributed by atoms with Crippen molar-refractivity contribution in [2.24, 2.45) is 0 Å². The van der Waals surface area contributed by atoms with Crippen molar-refractivity contribution < 1.29 is 28.7 Å². The highest BCUT2D eigenvalue weighted by Crippen LogP contribution is 2.44. The molecule has 18 heteroatoms. The Bertz CT molecular complexity index is 2660. The number of aromatic nitrogens is 5. The number of carbonyl (C=O) groups is 4. The van der Waals surface area contributed by atoms with Crippen LogP contribution in [0.25, 0.3) is 40.4 Å². The Hall–Kier alpha value is -6.37. The van der Waals surface area contributed by atoms with E-state index in [0.29, 0.717) is 35.9 Å². The molecule has 61 heavy (non-hydrogen) atoms. The molecular weight excluding hydrogens is 835 g/mol. The van der Waals surface area contributed by atoms with Gasteiger partial charge in [-0.15, -0.1) is 34.0 Å². The first-order valence-corrected chi connectivity index (χ1v) is 22.2. The molecule has 4 atom stereocenters. The number of fused-ring (bicyclic) bond motifs is 1. The fourth-order valence-corrected chi connectivity index (χ4v) is 11.3. The number of imidazole rings is 2. The molecule has 0 aliphatic carbocycles. The van der Waals surface area contributed by atoms with Gasteiger partial charge in [-0.05, 0) is 48.9 Å². The second-order valence-electron chi connectivity index (χ2n) is 14.7. The molecule has 2 fully saturated rings. The molecule has 0 saturated carbocycles. The number of rotatable bonds is 11. The molecule has 5 aromatic heterocycles. The fraction of sp³-hybridized carbons (Fsp3) is 0.279. The number of hydrogen-bond acceptors (Lipinski definition) is 12. The third-order valence-electron chi connectivity index (χ3n) is 11.0. The molecule has 2 saturated heterocycles. The number of thiophene rings is 2. The Morgan fingerprint density at radius 1 is 0.639 bits per heavy atom. The van der Waals surface area contributed by atoms with Crippen LogP contribution in [0.5, 0.6) is 0 Å². The van der Waals surface area contributed by atoms with Gasteiger partial charge in [-0.25, -0.2) is 24.5 Å². The molecule has 0 radical (unpaired) electrons. The number of nitrogens with zero attached hydrogens (tertiary/aromatic N) is 5. The zero-order chi connectivity index (χ0) is 42.0. The second-order valence-corrected chi connectivity index (χ2v) is 17.9. The summed E-state index contributed by atoms with van der Waals surface area (Å²) in [5.41, 5.74) is 3.00. The lowest BCUT2D eigenvalue weighted by molar-refractivity contribution is -0.135. The van der Waals surface area contributed by atoms with Gasteiger partial charge in [0, 0.05) is 33.6 Å². The Morgan fingerprint density at radius 3 is 1.67 bits per heavy atom. The number of carbonyl (C=O) groups excluding carboxylic acids is 4. The van der Waals surface area contributed by atoms with Crippen molar-refractivity contribution in [1.29, 1.82) is 0 Å². The standard InChI is InChI=1S/C43H41N9O6S3/c1-57-42(55)49-35(24-11-5-3-6-12-24)40(53)51-17-9-15-28(51)37-44-21-26(47-37)30-19-31-32(59-30)20-33(60-31)34-23-46-39(61-34)27-22-45-38(48-27)29-16-10-18-52(29)41(54)36(50-43(56)58-2)25-13-7-4-8-14-25/h3-8,11-14,19-23,28-29,35-36H,9-10,15-18H2,1-2H3,(H,44,47)(H,45,48)(H,49,55)(H,50,56)/t28?,29-,35+,36+/m0/s1. The first-order chi connectivity index (χ1) is 29.8. The highest BCUT2D eigenvalue weighted by molar-refractivity contribution is 7.32. The zero-order valence-corrected chi connectivity index (χ0v) is 35.6. The molecule has 4 N–H and O–H groups in total. The summed E-state index contributed by atoms with van der Waals surface area (Å²) < 4.78 is 12.0. The number of hydrogen-bond donors (Lipinski definition) is 4. The van der Waals surface area contributed by atoms with Crippen molar-refractivity contribution in [2.45, 2.75) is 49.9 Å². The Labute approximate surface area is 362 Å². The number of amides is 4. The van der Waals surface area contributed by atoms with Crippen molar-refractivity contribution >= 4 is 67.4 Å². The highest BCUT2D eigenvalue weighted by Gasteiger charge is 2.38. The highest BCUT2D eigenvalue weighted by atomic mass is 32.1. The van der Waals surface area contributed by atoms with Gasteiger partial charge in [0.25, 0.3) is 11.8 Å².